The molecule has 1 N–H and O–H groups in total. The number of nitrogens with zero attached hydrogens (tertiary/aromatic N) is 4. The first-order valence-corrected chi connectivity index (χ1v) is 9.21. The van der Waals surface area contributed by atoms with Crippen LogP contribution in [-0.2, 0) is 13.1 Å². The van der Waals surface area contributed by atoms with Crippen molar-refractivity contribution in [3.05, 3.63) is 94.2 Å². The summed E-state index contributed by atoms with van der Waals surface area (Å²) in [7, 11) is 0. The summed E-state index contributed by atoms with van der Waals surface area (Å²) in [4.78, 5) is 29.1. The predicted octanol–water partition coefficient (Wildman–Crippen LogP) is 2.35. The van der Waals surface area contributed by atoms with Gasteiger partial charge in [0.1, 0.15) is 23.3 Å². The van der Waals surface area contributed by atoms with E-state index in [1.807, 2.05) is 30.3 Å². The number of fused-ring (bicyclic) bond motifs is 1. The Morgan fingerprint density at radius 1 is 1.10 bits per heavy atom. The van der Waals surface area contributed by atoms with Crippen LogP contribution in [0.15, 0.2) is 65.8 Å². The van der Waals surface area contributed by atoms with Crippen molar-refractivity contribution in [2.45, 2.75) is 13.1 Å². The Morgan fingerprint density at radius 3 is 2.67 bits per heavy atom. The number of benzene rings is 2. The Balaban J connectivity index is 1.45. The van der Waals surface area contributed by atoms with Gasteiger partial charge in [-0.25, -0.2) is 18.4 Å². The standard InChI is InChI=1S/C21H17F2N5O2/c22-15-6-7-16(18(23)10-15)20(29)24-8-9-28-19-17(11-26-28)21(30)27(13-25-19)12-14-4-2-1-3-5-14/h1-7,10-11,13H,8-9,12H2,(H,24,29). The van der Waals surface area contributed by atoms with Gasteiger partial charge in [0.25, 0.3) is 11.5 Å². The molecule has 2 aromatic carbocycles. The van der Waals surface area contributed by atoms with E-state index in [0.29, 0.717) is 23.6 Å². The molecule has 4 rings (SSSR count). The van der Waals surface area contributed by atoms with Gasteiger partial charge in [0.15, 0.2) is 5.65 Å². The highest BCUT2D eigenvalue weighted by Crippen LogP contribution is 2.10. The summed E-state index contributed by atoms with van der Waals surface area (Å²) >= 11 is 0. The van der Waals surface area contributed by atoms with Crippen LogP contribution in [0.3, 0.4) is 0 Å². The molecule has 0 bridgehead atoms. The number of carbonyl (C=O) groups is 1. The minimum absolute atomic E-state index is 0.126. The second kappa shape index (κ2) is 8.24. The smallest absolute Gasteiger partial charge is 0.264 e. The van der Waals surface area contributed by atoms with Gasteiger partial charge in [-0.1, -0.05) is 30.3 Å². The van der Waals surface area contributed by atoms with Crippen molar-refractivity contribution in [2.24, 2.45) is 0 Å². The zero-order valence-corrected chi connectivity index (χ0v) is 15.8. The molecule has 1 amide bonds. The first kappa shape index (κ1) is 19.4. The zero-order valence-electron chi connectivity index (χ0n) is 15.8. The van der Waals surface area contributed by atoms with Crippen LogP contribution in [0.1, 0.15) is 15.9 Å². The number of hydrogen-bond donors (Lipinski definition) is 1. The summed E-state index contributed by atoms with van der Waals surface area (Å²) in [6.45, 7) is 0.751. The molecule has 9 heteroatoms. The van der Waals surface area contributed by atoms with E-state index in [0.717, 1.165) is 17.7 Å². The number of hydrogen-bond acceptors (Lipinski definition) is 4. The third-order valence-electron chi connectivity index (χ3n) is 4.60. The summed E-state index contributed by atoms with van der Waals surface area (Å²) in [5.74, 6) is -2.35. The quantitative estimate of drug-likeness (QED) is 0.530. The summed E-state index contributed by atoms with van der Waals surface area (Å²) in [5.41, 5.74) is 0.909. The van der Waals surface area contributed by atoms with Crippen LogP contribution < -0.4 is 10.9 Å². The van der Waals surface area contributed by atoms with E-state index >= 15 is 0 Å². The Labute approximate surface area is 169 Å². The van der Waals surface area contributed by atoms with E-state index in [1.165, 1.54) is 21.8 Å². The van der Waals surface area contributed by atoms with Crippen molar-refractivity contribution in [1.29, 1.82) is 0 Å². The molecular weight excluding hydrogens is 392 g/mol. The molecule has 30 heavy (non-hydrogen) atoms. The highest BCUT2D eigenvalue weighted by molar-refractivity contribution is 5.94. The Kier molecular flexibility index (Phi) is 5.34. The van der Waals surface area contributed by atoms with Crippen LogP contribution in [0.4, 0.5) is 8.78 Å². The molecule has 0 atom stereocenters. The molecule has 0 aliphatic heterocycles. The first-order chi connectivity index (χ1) is 14.5. The number of amides is 1. The molecule has 0 spiro atoms. The topological polar surface area (TPSA) is 81.8 Å². The van der Waals surface area contributed by atoms with E-state index < -0.39 is 17.5 Å². The van der Waals surface area contributed by atoms with Crippen molar-refractivity contribution in [1.82, 2.24) is 24.6 Å². The average Bonchev–Trinajstić information content (AvgIpc) is 3.14. The largest absolute Gasteiger partial charge is 0.350 e. The van der Waals surface area contributed by atoms with Crippen molar-refractivity contribution in [2.75, 3.05) is 6.54 Å². The Bertz CT molecular complexity index is 1270. The van der Waals surface area contributed by atoms with Gasteiger partial charge in [-0.3, -0.25) is 14.2 Å². The van der Waals surface area contributed by atoms with Crippen molar-refractivity contribution >= 4 is 16.9 Å². The first-order valence-electron chi connectivity index (χ1n) is 9.21. The summed E-state index contributed by atoms with van der Waals surface area (Å²) in [6, 6.07) is 12.3. The van der Waals surface area contributed by atoms with Crippen LogP contribution >= 0.6 is 0 Å². The van der Waals surface area contributed by atoms with Gasteiger partial charge in [-0.15, -0.1) is 0 Å². The molecule has 0 unspecified atom stereocenters. The number of halogens is 2. The van der Waals surface area contributed by atoms with Crippen LogP contribution in [-0.4, -0.2) is 31.8 Å². The molecule has 7 nitrogen and oxygen atoms in total. The molecule has 0 aliphatic rings. The maximum atomic E-state index is 13.7. The van der Waals surface area contributed by atoms with Gasteiger partial charge in [0.2, 0.25) is 0 Å². The molecular formula is C21H17F2N5O2. The molecule has 0 saturated heterocycles. The maximum absolute atomic E-state index is 13.7. The van der Waals surface area contributed by atoms with E-state index in [2.05, 4.69) is 15.4 Å². The SMILES string of the molecule is O=C(NCCn1ncc2c(=O)n(Cc3ccccc3)cnc21)c1ccc(F)cc1F. The minimum atomic E-state index is -0.933. The van der Waals surface area contributed by atoms with Gasteiger partial charge in [0.05, 0.1) is 24.8 Å². The molecule has 2 aromatic heterocycles. The van der Waals surface area contributed by atoms with E-state index in [4.69, 9.17) is 0 Å². The molecule has 0 fully saturated rings. The molecule has 0 aliphatic carbocycles. The second-order valence-corrected chi connectivity index (χ2v) is 6.65. The van der Waals surface area contributed by atoms with Gasteiger partial charge < -0.3 is 5.32 Å². The molecule has 4 aromatic rings. The minimum Gasteiger partial charge on any atom is -0.350 e. The predicted molar refractivity (Wildman–Crippen MR) is 106 cm³/mol. The van der Waals surface area contributed by atoms with Crippen LogP contribution in [0.25, 0.3) is 11.0 Å². The fourth-order valence-corrected chi connectivity index (χ4v) is 3.10. The lowest BCUT2D eigenvalue weighted by Gasteiger charge is -2.08. The fraction of sp³-hybridized carbons (Fsp3) is 0.143. The third kappa shape index (κ3) is 3.95. The monoisotopic (exact) mass is 409 g/mol. The average molecular weight is 409 g/mol. The fourth-order valence-electron chi connectivity index (χ4n) is 3.10. The third-order valence-corrected chi connectivity index (χ3v) is 4.60. The summed E-state index contributed by atoms with van der Waals surface area (Å²) in [6.07, 6.45) is 2.90. The van der Waals surface area contributed by atoms with Crippen LogP contribution in [0.5, 0.6) is 0 Å². The van der Waals surface area contributed by atoms with Gasteiger partial charge in [0, 0.05) is 12.6 Å². The normalized spacial score (nSPS) is 11.0. The lowest BCUT2D eigenvalue weighted by atomic mass is 10.2. The number of nitrogens with one attached hydrogen (secondary N) is 1. The van der Waals surface area contributed by atoms with Crippen molar-refractivity contribution in [3.63, 3.8) is 0 Å². The van der Waals surface area contributed by atoms with Crippen LogP contribution in [0, 0.1) is 11.6 Å². The van der Waals surface area contributed by atoms with Crippen LogP contribution in [0.2, 0.25) is 0 Å². The summed E-state index contributed by atoms with van der Waals surface area (Å²) in [5, 5.41) is 7.08. The van der Waals surface area contributed by atoms with Gasteiger partial charge in [-0.05, 0) is 17.7 Å². The number of aromatic nitrogens is 4. The lowest BCUT2D eigenvalue weighted by molar-refractivity contribution is 0.0948. The Morgan fingerprint density at radius 2 is 1.90 bits per heavy atom. The zero-order chi connectivity index (χ0) is 21.1. The van der Waals surface area contributed by atoms with Gasteiger partial charge >= 0.3 is 0 Å². The molecule has 0 saturated carbocycles. The van der Waals surface area contributed by atoms with E-state index in [-0.39, 0.29) is 24.2 Å². The van der Waals surface area contributed by atoms with Crippen molar-refractivity contribution < 1.29 is 13.6 Å². The maximum Gasteiger partial charge on any atom is 0.264 e. The van der Waals surface area contributed by atoms with Gasteiger partial charge in [-0.2, -0.15) is 5.10 Å². The highest BCUT2D eigenvalue weighted by atomic mass is 19.1. The second-order valence-electron chi connectivity index (χ2n) is 6.65. The van der Waals surface area contributed by atoms with Crippen molar-refractivity contribution in [3.8, 4) is 0 Å². The highest BCUT2D eigenvalue weighted by Gasteiger charge is 2.13. The number of rotatable bonds is 6. The molecule has 2 heterocycles. The molecule has 0 radical (unpaired) electrons. The molecule has 152 valence electrons. The summed E-state index contributed by atoms with van der Waals surface area (Å²) < 4.78 is 29.6. The number of carbonyl (C=O) groups excluding carboxylic acids is 1. The van der Waals surface area contributed by atoms with E-state index in [9.17, 15) is 18.4 Å². The Hall–Kier alpha value is -3.88. The van der Waals surface area contributed by atoms with E-state index in [1.54, 1.807) is 0 Å². The lowest BCUT2D eigenvalue weighted by Crippen LogP contribution is -2.28.